The number of rotatable bonds is 3. The fraction of sp³-hybridized carbons (Fsp3) is 0.273. The molecule has 2 nitrogen and oxygen atoms in total. The van der Waals surface area contributed by atoms with Gasteiger partial charge in [0.15, 0.2) is 5.76 Å². The maximum atomic E-state index is 6.33. The first-order valence-corrected chi connectivity index (χ1v) is 15.2. The fourth-order valence-electron chi connectivity index (χ4n) is 6.53. The van der Waals surface area contributed by atoms with Gasteiger partial charge in [-0.2, -0.15) is 0 Å². The highest BCUT2D eigenvalue weighted by Crippen LogP contribution is 2.41. The van der Waals surface area contributed by atoms with Crippen LogP contribution in [0.25, 0.3) is 54.3 Å². The minimum Gasteiger partial charge on any atom is -0.464 e. The van der Waals surface area contributed by atoms with Crippen molar-refractivity contribution in [2.75, 3.05) is 0 Å². The predicted octanol–water partition coefficient (Wildman–Crippen LogP) is 10.2. The molecule has 4 aromatic carbocycles. The van der Waals surface area contributed by atoms with Gasteiger partial charge in [0, 0.05) is 16.8 Å². The first kappa shape index (κ1) is 22.9. The van der Waals surface area contributed by atoms with E-state index in [0.717, 1.165) is 27.7 Å². The molecule has 0 aliphatic carbocycles. The van der Waals surface area contributed by atoms with Gasteiger partial charge in [-0.05, 0) is 85.2 Å². The summed E-state index contributed by atoms with van der Waals surface area (Å²) in [6, 6.07) is 21.8. The van der Waals surface area contributed by atoms with Gasteiger partial charge in [0.1, 0.15) is 19.2 Å². The molecule has 0 aliphatic heterocycles. The molecule has 0 fully saturated rings. The molecular weight excluding hydrogens is 456 g/mol. The topological polar surface area (TPSA) is 26.3 Å². The standard InChI is InChI=1S/C33H32O2Si/c1-20(2)36(21(3)4,22(5)6)14-12-27-17-26-16-24-8-10-28-29(31(24)19-33(26)35-27)9-7-23-15-25-11-13-34-32(25)18-30(23)28/h7-11,13,15-22H,1-6H3. The minimum absolute atomic E-state index is 0.598. The van der Waals surface area contributed by atoms with Crippen LogP contribution in [0.4, 0.5) is 0 Å². The molecule has 0 bridgehead atoms. The normalized spacial score (nSPS) is 12.7. The summed E-state index contributed by atoms with van der Waals surface area (Å²) in [7, 11) is -1.81. The lowest BCUT2D eigenvalue weighted by Crippen LogP contribution is -2.43. The van der Waals surface area contributed by atoms with Crippen LogP contribution in [0.3, 0.4) is 0 Å². The van der Waals surface area contributed by atoms with E-state index in [0.29, 0.717) is 16.6 Å². The predicted molar refractivity (Wildman–Crippen MR) is 156 cm³/mol. The second-order valence-electron chi connectivity index (χ2n) is 11.1. The summed E-state index contributed by atoms with van der Waals surface area (Å²) in [5.41, 5.74) is 7.41. The van der Waals surface area contributed by atoms with Crippen molar-refractivity contribution in [3.63, 3.8) is 0 Å². The molecule has 3 heteroatoms. The Morgan fingerprint density at radius 1 is 0.583 bits per heavy atom. The third-order valence-electron chi connectivity index (χ3n) is 8.31. The van der Waals surface area contributed by atoms with Gasteiger partial charge >= 0.3 is 0 Å². The number of furan rings is 2. The average molecular weight is 489 g/mol. The molecule has 2 aromatic heterocycles. The second-order valence-corrected chi connectivity index (χ2v) is 16.7. The van der Waals surface area contributed by atoms with E-state index in [1.807, 2.05) is 6.07 Å². The first-order valence-electron chi connectivity index (χ1n) is 13.0. The Bertz CT molecular complexity index is 1810. The van der Waals surface area contributed by atoms with E-state index >= 15 is 0 Å². The van der Waals surface area contributed by atoms with E-state index in [1.54, 1.807) is 6.26 Å². The van der Waals surface area contributed by atoms with Gasteiger partial charge in [0.05, 0.1) is 6.26 Å². The maximum Gasteiger partial charge on any atom is 0.177 e. The fourth-order valence-corrected chi connectivity index (χ4v) is 11.7. The lowest BCUT2D eigenvalue weighted by Gasteiger charge is -2.37. The van der Waals surface area contributed by atoms with Crippen LogP contribution in [0, 0.1) is 11.5 Å². The Kier molecular flexibility index (Phi) is 5.28. The van der Waals surface area contributed by atoms with E-state index in [4.69, 9.17) is 8.83 Å². The van der Waals surface area contributed by atoms with Crippen LogP contribution in [0.1, 0.15) is 47.3 Å². The van der Waals surface area contributed by atoms with Crippen molar-refractivity contribution in [3.8, 4) is 11.5 Å². The molecule has 36 heavy (non-hydrogen) atoms. The van der Waals surface area contributed by atoms with Crippen molar-refractivity contribution in [1.82, 2.24) is 0 Å². The zero-order chi connectivity index (χ0) is 25.2. The molecule has 0 amide bonds. The van der Waals surface area contributed by atoms with Gasteiger partial charge in [-0.1, -0.05) is 65.8 Å². The smallest absolute Gasteiger partial charge is 0.177 e. The second kappa shape index (κ2) is 8.29. The van der Waals surface area contributed by atoms with Crippen LogP contribution in [0.5, 0.6) is 0 Å². The lowest BCUT2D eigenvalue weighted by molar-refractivity contribution is 0.602. The van der Waals surface area contributed by atoms with Gasteiger partial charge in [-0.15, -0.1) is 5.54 Å². The van der Waals surface area contributed by atoms with Crippen LogP contribution in [-0.4, -0.2) is 8.07 Å². The van der Waals surface area contributed by atoms with Gasteiger partial charge in [-0.3, -0.25) is 0 Å². The Morgan fingerprint density at radius 2 is 1.17 bits per heavy atom. The van der Waals surface area contributed by atoms with E-state index in [2.05, 4.69) is 108 Å². The largest absolute Gasteiger partial charge is 0.464 e. The van der Waals surface area contributed by atoms with Crippen LogP contribution >= 0.6 is 0 Å². The van der Waals surface area contributed by atoms with Crippen LogP contribution in [0.2, 0.25) is 16.6 Å². The third kappa shape index (κ3) is 3.39. The molecule has 6 rings (SSSR count). The van der Waals surface area contributed by atoms with E-state index < -0.39 is 8.07 Å². The molecule has 0 spiro atoms. The number of benzene rings is 4. The summed E-state index contributed by atoms with van der Waals surface area (Å²) in [6.07, 6.45) is 1.76. The van der Waals surface area contributed by atoms with Gasteiger partial charge < -0.3 is 8.83 Å². The molecule has 0 saturated heterocycles. The zero-order valence-electron chi connectivity index (χ0n) is 21.9. The van der Waals surface area contributed by atoms with Crippen LogP contribution < -0.4 is 0 Å². The molecule has 0 saturated carbocycles. The molecule has 0 unspecified atom stereocenters. The van der Waals surface area contributed by atoms with Gasteiger partial charge in [0.25, 0.3) is 0 Å². The monoisotopic (exact) mass is 488 g/mol. The number of fused-ring (bicyclic) bond motifs is 7. The highest BCUT2D eigenvalue weighted by atomic mass is 28.3. The Hall–Kier alpha value is -3.48. The maximum absolute atomic E-state index is 6.33. The molecule has 0 aliphatic rings. The van der Waals surface area contributed by atoms with Crippen LogP contribution in [0.15, 0.2) is 75.8 Å². The summed E-state index contributed by atoms with van der Waals surface area (Å²) >= 11 is 0. The Morgan fingerprint density at radius 3 is 1.78 bits per heavy atom. The first-order chi connectivity index (χ1) is 17.3. The zero-order valence-corrected chi connectivity index (χ0v) is 22.9. The summed E-state index contributed by atoms with van der Waals surface area (Å²) in [5.74, 6) is 4.26. The van der Waals surface area contributed by atoms with Crippen molar-refractivity contribution < 1.29 is 8.83 Å². The molecule has 180 valence electrons. The third-order valence-corrected chi connectivity index (χ3v) is 14.6. The van der Waals surface area contributed by atoms with Gasteiger partial charge in [-0.25, -0.2) is 0 Å². The highest BCUT2D eigenvalue weighted by Gasteiger charge is 2.41. The van der Waals surface area contributed by atoms with Crippen molar-refractivity contribution >= 4 is 62.3 Å². The summed E-state index contributed by atoms with van der Waals surface area (Å²) in [5, 5.41) is 9.53. The van der Waals surface area contributed by atoms with Crippen molar-refractivity contribution in [2.24, 2.45) is 0 Å². The summed E-state index contributed by atoms with van der Waals surface area (Å²) < 4.78 is 12.0. The Labute approximate surface area is 213 Å². The molecule has 0 radical (unpaired) electrons. The molecule has 6 aromatic rings. The van der Waals surface area contributed by atoms with Gasteiger partial charge in [0.2, 0.25) is 0 Å². The van der Waals surface area contributed by atoms with Crippen molar-refractivity contribution in [1.29, 1.82) is 0 Å². The molecule has 0 atom stereocenters. The SMILES string of the molecule is CC(C)[Si](C#Cc1cc2cc3ccc4c5cc6occc6cc5ccc4c3cc2o1)(C(C)C)C(C)C. The lowest BCUT2D eigenvalue weighted by atomic mass is 9.96. The summed E-state index contributed by atoms with van der Waals surface area (Å²) in [4.78, 5) is 0. The van der Waals surface area contributed by atoms with E-state index in [-0.39, 0.29) is 0 Å². The van der Waals surface area contributed by atoms with Crippen molar-refractivity contribution in [2.45, 2.75) is 58.2 Å². The number of hydrogen-bond donors (Lipinski definition) is 0. The van der Waals surface area contributed by atoms with Crippen LogP contribution in [-0.2, 0) is 0 Å². The quantitative estimate of drug-likeness (QED) is 0.141. The van der Waals surface area contributed by atoms with Crippen molar-refractivity contribution in [3.05, 3.63) is 72.7 Å². The molecule has 2 heterocycles. The molecular formula is C33H32O2Si. The Balaban J connectivity index is 1.52. The summed E-state index contributed by atoms with van der Waals surface area (Å²) in [6.45, 7) is 14.1. The van der Waals surface area contributed by atoms with E-state index in [1.165, 1.54) is 32.3 Å². The minimum atomic E-state index is -1.81. The molecule has 0 N–H and O–H groups in total. The highest BCUT2D eigenvalue weighted by molar-refractivity contribution is 6.90. The number of hydrogen-bond acceptors (Lipinski definition) is 2. The average Bonchev–Trinajstić information content (AvgIpc) is 3.46. The van der Waals surface area contributed by atoms with E-state index in [9.17, 15) is 0 Å².